The molecule has 1 aromatic heterocycles. The molecule has 7 nitrogen and oxygen atoms in total. The van der Waals surface area contributed by atoms with E-state index in [-0.39, 0.29) is 27.3 Å². The van der Waals surface area contributed by atoms with Gasteiger partial charge in [0.1, 0.15) is 10.6 Å². The van der Waals surface area contributed by atoms with Crippen molar-refractivity contribution in [3.8, 4) is 5.75 Å². The van der Waals surface area contributed by atoms with Crippen molar-refractivity contribution in [3.05, 3.63) is 71.1 Å². The van der Waals surface area contributed by atoms with E-state index in [1.54, 1.807) is 41.3 Å². The molecule has 0 fully saturated rings. The minimum Gasteiger partial charge on any atom is -0.495 e. The lowest BCUT2D eigenvalue weighted by molar-refractivity contribution is 0.0963. The zero-order valence-electron chi connectivity index (χ0n) is 15.4. The van der Waals surface area contributed by atoms with E-state index in [4.69, 9.17) is 20.8 Å². The molecule has 1 amide bonds. The van der Waals surface area contributed by atoms with E-state index < -0.39 is 10.0 Å². The second-order valence-corrected chi connectivity index (χ2v) is 8.52. The third-order valence-electron chi connectivity index (χ3n) is 4.63. The smallest absolute Gasteiger partial charge is 0.293 e. The van der Waals surface area contributed by atoms with Crippen molar-refractivity contribution in [2.75, 3.05) is 23.3 Å². The van der Waals surface area contributed by atoms with Crippen LogP contribution in [0.3, 0.4) is 0 Å². The molecule has 9 heteroatoms. The van der Waals surface area contributed by atoms with Crippen LogP contribution in [0.5, 0.6) is 5.75 Å². The van der Waals surface area contributed by atoms with E-state index in [0.29, 0.717) is 24.3 Å². The van der Waals surface area contributed by atoms with Crippen LogP contribution in [0.25, 0.3) is 0 Å². The normalized spacial score (nSPS) is 13.2. The van der Waals surface area contributed by atoms with Gasteiger partial charge in [-0.25, -0.2) is 8.42 Å². The molecule has 1 N–H and O–H groups in total. The SMILES string of the molecule is COc1ccc(Cl)cc1S(=O)(=O)Nc1ccc2c(c1)N(C(=O)c1ccco1)CC2. The summed E-state index contributed by atoms with van der Waals surface area (Å²) in [6.45, 7) is 0.493. The van der Waals surface area contributed by atoms with Crippen molar-refractivity contribution in [1.29, 1.82) is 0 Å². The molecule has 1 aliphatic rings. The minimum atomic E-state index is -3.96. The van der Waals surface area contributed by atoms with Crippen LogP contribution in [-0.4, -0.2) is 28.0 Å². The lowest BCUT2D eigenvalue weighted by Crippen LogP contribution is -2.28. The fraction of sp³-hybridized carbons (Fsp3) is 0.150. The van der Waals surface area contributed by atoms with Gasteiger partial charge in [-0.15, -0.1) is 0 Å². The molecule has 3 aromatic rings. The fourth-order valence-corrected chi connectivity index (χ4v) is 4.74. The Labute approximate surface area is 172 Å². The van der Waals surface area contributed by atoms with Crippen molar-refractivity contribution in [2.24, 2.45) is 0 Å². The second-order valence-electron chi connectivity index (χ2n) is 6.43. The Bertz CT molecular complexity index is 1180. The number of carbonyl (C=O) groups is 1. The lowest BCUT2D eigenvalue weighted by Gasteiger charge is -2.17. The number of ether oxygens (including phenoxy) is 1. The summed E-state index contributed by atoms with van der Waals surface area (Å²) in [4.78, 5) is 14.2. The van der Waals surface area contributed by atoms with Gasteiger partial charge in [-0.3, -0.25) is 9.52 Å². The molecular formula is C20H17ClN2O5S. The Hall–Kier alpha value is -2.97. The van der Waals surface area contributed by atoms with Gasteiger partial charge >= 0.3 is 0 Å². The van der Waals surface area contributed by atoms with Crippen LogP contribution < -0.4 is 14.4 Å². The molecule has 0 spiro atoms. The maximum atomic E-state index is 12.9. The Morgan fingerprint density at radius 3 is 2.76 bits per heavy atom. The molecule has 0 atom stereocenters. The summed E-state index contributed by atoms with van der Waals surface area (Å²) in [5, 5.41) is 0.273. The van der Waals surface area contributed by atoms with Crippen LogP contribution in [0, 0.1) is 0 Å². The summed E-state index contributed by atoms with van der Waals surface area (Å²) in [6, 6.07) is 12.7. The van der Waals surface area contributed by atoms with Gasteiger partial charge < -0.3 is 14.1 Å². The topological polar surface area (TPSA) is 88.9 Å². The van der Waals surface area contributed by atoms with Crippen LogP contribution in [-0.2, 0) is 16.4 Å². The molecule has 0 aliphatic carbocycles. The number of fused-ring (bicyclic) bond motifs is 1. The molecule has 0 bridgehead atoms. The molecule has 0 saturated carbocycles. The Kier molecular flexibility index (Phi) is 4.97. The zero-order valence-corrected chi connectivity index (χ0v) is 17.0. The quantitative estimate of drug-likeness (QED) is 0.659. The third kappa shape index (κ3) is 3.68. The fourth-order valence-electron chi connectivity index (χ4n) is 3.26. The molecule has 1 aliphatic heterocycles. The Morgan fingerprint density at radius 2 is 2.03 bits per heavy atom. The first-order chi connectivity index (χ1) is 13.9. The van der Waals surface area contributed by atoms with E-state index in [9.17, 15) is 13.2 Å². The van der Waals surface area contributed by atoms with E-state index in [0.717, 1.165) is 5.56 Å². The van der Waals surface area contributed by atoms with Crippen molar-refractivity contribution in [2.45, 2.75) is 11.3 Å². The maximum Gasteiger partial charge on any atom is 0.293 e. The largest absolute Gasteiger partial charge is 0.495 e. The number of amides is 1. The average Bonchev–Trinajstić information content (AvgIpc) is 3.37. The van der Waals surface area contributed by atoms with Gasteiger partial charge in [0, 0.05) is 17.3 Å². The van der Waals surface area contributed by atoms with Gasteiger partial charge in [0.05, 0.1) is 19.1 Å². The molecule has 0 radical (unpaired) electrons. The lowest BCUT2D eigenvalue weighted by atomic mass is 10.1. The molecule has 2 aromatic carbocycles. The molecule has 0 unspecified atom stereocenters. The first-order valence-electron chi connectivity index (χ1n) is 8.74. The predicted octanol–water partition coefficient (Wildman–Crippen LogP) is 3.95. The number of benzene rings is 2. The number of anilines is 2. The van der Waals surface area contributed by atoms with E-state index in [1.165, 1.54) is 25.5 Å². The highest BCUT2D eigenvalue weighted by molar-refractivity contribution is 7.92. The number of nitrogens with one attached hydrogen (secondary N) is 1. The van der Waals surface area contributed by atoms with Crippen LogP contribution in [0.15, 0.2) is 64.1 Å². The maximum absolute atomic E-state index is 12.9. The van der Waals surface area contributed by atoms with Crippen LogP contribution >= 0.6 is 11.6 Å². The average molecular weight is 433 g/mol. The number of hydrogen-bond acceptors (Lipinski definition) is 5. The van der Waals surface area contributed by atoms with Gasteiger partial charge in [-0.2, -0.15) is 0 Å². The van der Waals surface area contributed by atoms with Gasteiger partial charge in [-0.1, -0.05) is 17.7 Å². The van der Waals surface area contributed by atoms with Gasteiger partial charge in [0.15, 0.2) is 5.76 Å². The van der Waals surface area contributed by atoms with Crippen molar-refractivity contribution in [3.63, 3.8) is 0 Å². The first-order valence-corrected chi connectivity index (χ1v) is 10.6. The molecule has 29 heavy (non-hydrogen) atoms. The minimum absolute atomic E-state index is 0.0727. The van der Waals surface area contributed by atoms with Crippen molar-refractivity contribution >= 4 is 38.9 Å². The number of methoxy groups -OCH3 is 1. The monoisotopic (exact) mass is 432 g/mol. The highest BCUT2D eigenvalue weighted by Crippen LogP contribution is 2.34. The molecule has 0 saturated heterocycles. The van der Waals surface area contributed by atoms with Crippen molar-refractivity contribution < 1.29 is 22.4 Å². The Morgan fingerprint density at radius 1 is 1.21 bits per heavy atom. The number of hydrogen-bond donors (Lipinski definition) is 1. The molecule has 4 rings (SSSR count). The Balaban J connectivity index is 1.66. The molecule has 2 heterocycles. The third-order valence-corrected chi connectivity index (χ3v) is 6.26. The van der Waals surface area contributed by atoms with Crippen LogP contribution in [0.4, 0.5) is 11.4 Å². The number of halogens is 1. The number of nitrogens with zero attached hydrogens (tertiary/aromatic N) is 1. The summed E-state index contributed by atoms with van der Waals surface area (Å²) >= 11 is 5.96. The standard InChI is InChI=1S/C20H17ClN2O5S/c1-27-17-7-5-14(21)11-19(17)29(25,26)22-15-6-4-13-8-9-23(16(13)12-15)20(24)18-3-2-10-28-18/h2-7,10-12,22H,8-9H2,1H3. The summed E-state index contributed by atoms with van der Waals surface area (Å²) < 4.78 is 38.7. The van der Waals surface area contributed by atoms with Gasteiger partial charge in [-0.05, 0) is 54.4 Å². The molecular weight excluding hydrogens is 416 g/mol. The zero-order chi connectivity index (χ0) is 20.6. The van der Waals surface area contributed by atoms with Crippen LogP contribution in [0.1, 0.15) is 16.1 Å². The first kappa shape index (κ1) is 19.4. The highest BCUT2D eigenvalue weighted by atomic mass is 35.5. The van der Waals surface area contributed by atoms with Crippen LogP contribution in [0.2, 0.25) is 5.02 Å². The summed E-state index contributed by atoms with van der Waals surface area (Å²) in [6.07, 6.45) is 2.12. The van der Waals surface area contributed by atoms with Gasteiger partial charge in [0.25, 0.3) is 15.9 Å². The van der Waals surface area contributed by atoms with Crippen molar-refractivity contribution in [1.82, 2.24) is 0 Å². The molecule has 150 valence electrons. The second kappa shape index (κ2) is 7.46. The summed E-state index contributed by atoms with van der Waals surface area (Å²) in [5.74, 6) is 0.135. The summed E-state index contributed by atoms with van der Waals surface area (Å²) in [5.41, 5.74) is 1.92. The van der Waals surface area contributed by atoms with E-state index in [2.05, 4.69) is 4.72 Å². The summed E-state index contributed by atoms with van der Waals surface area (Å²) in [7, 11) is -2.57. The predicted molar refractivity (Wildman–Crippen MR) is 109 cm³/mol. The van der Waals surface area contributed by atoms with E-state index in [1.807, 2.05) is 0 Å². The number of furan rings is 1. The number of rotatable bonds is 5. The number of carbonyl (C=O) groups excluding carboxylic acids is 1. The van der Waals surface area contributed by atoms with E-state index >= 15 is 0 Å². The number of sulfonamides is 1. The highest BCUT2D eigenvalue weighted by Gasteiger charge is 2.28. The van der Waals surface area contributed by atoms with Gasteiger partial charge in [0.2, 0.25) is 0 Å².